The molecular weight excluding hydrogens is 400 g/mol. The van der Waals surface area contributed by atoms with Gasteiger partial charge in [-0.05, 0) is 32.0 Å². The first-order chi connectivity index (χ1) is 13.2. The van der Waals surface area contributed by atoms with E-state index in [0.29, 0.717) is 32.0 Å². The van der Waals surface area contributed by atoms with Crippen LogP contribution < -0.4 is 10.2 Å². The van der Waals surface area contributed by atoms with Gasteiger partial charge in [-0.2, -0.15) is 13.2 Å². The summed E-state index contributed by atoms with van der Waals surface area (Å²) in [6.07, 6.45) is -5.15. The maximum absolute atomic E-state index is 13.1. The van der Waals surface area contributed by atoms with Gasteiger partial charge in [-0.3, -0.25) is 9.36 Å². The first-order valence-electron chi connectivity index (χ1n) is 8.90. The van der Waals surface area contributed by atoms with Crippen molar-refractivity contribution < 1.29 is 36.3 Å². The van der Waals surface area contributed by atoms with Gasteiger partial charge in [0.2, 0.25) is 5.91 Å². The summed E-state index contributed by atoms with van der Waals surface area (Å²) >= 11 is 0. The van der Waals surface area contributed by atoms with E-state index in [1.807, 2.05) is 4.90 Å². The number of carbonyl (C=O) groups is 1. The fourth-order valence-corrected chi connectivity index (χ4v) is 4.25. The first kappa shape index (κ1) is 22.7. The van der Waals surface area contributed by atoms with E-state index in [1.165, 1.54) is 6.07 Å². The van der Waals surface area contributed by atoms with Crippen LogP contribution in [0.25, 0.3) is 0 Å². The van der Waals surface area contributed by atoms with Crippen molar-refractivity contribution in [2.45, 2.75) is 20.0 Å². The number of nitrogens with one attached hydrogen (secondary N) is 1. The number of rotatable bonds is 8. The van der Waals surface area contributed by atoms with Gasteiger partial charge in [0.1, 0.15) is 6.16 Å². The van der Waals surface area contributed by atoms with Gasteiger partial charge in [0.25, 0.3) is 0 Å². The van der Waals surface area contributed by atoms with Crippen molar-refractivity contribution in [1.82, 2.24) is 0 Å². The molecular formula is C17H24F3N2O5P. The summed E-state index contributed by atoms with van der Waals surface area (Å²) in [4.78, 5) is 14.2. The Labute approximate surface area is 161 Å². The largest absolute Gasteiger partial charge is 0.416 e. The Morgan fingerprint density at radius 2 is 1.82 bits per heavy atom. The fraction of sp³-hybridized carbons (Fsp3) is 0.588. The van der Waals surface area contributed by atoms with Gasteiger partial charge in [0, 0.05) is 13.1 Å². The maximum atomic E-state index is 13.1. The number of ether oxygens (including phenoxy) is 1. The number of morpholine rings is 1. The van der Waals surface area contributed by atoms with Crippen LogP contribution in [0.2, 0.25) is 0 Å². The van der Waals surface area contributed by atoms with Crippen LogP contribution in [0, 0.1) is 0 Å². The third-order valence-electron chi connectivity index (χ3n) is 3.94. The Kier molecular flexibility index (Phi) is 7.88. The van der Waals surface area contributed by atoms with Gasteiger partial charge in [-0.1, -0.05) is 0 Å². The van der Waals surface area contributed by atoms with E-state index >= 15 is 0 Å². The molecule has 0 aliphatic carbocycles. The molecule has 1 aliphatic rings. The molecule has 0 saturated carbocycles. The van der Waals surface area contributed by atoms with Crippen LogP contribution >= 0.6 is 7.60 Å². The van der Waals surface area contributed by atoms with Crippen LogP contribution in [0.5, 0.6) is 0 Å². The van der Waals surface area contributed by atoms with Crippen LogP contribution in [0.15, 0.2) is 18.2 Å². The van der Waals surface area contributed by atoms with Gasteiger partial charge in [-0.25, -0.2) is 0 Å². The molecule has 2 rings (SSSR count). The molecule has 0 atom stereocenters. The van der Waals surface area contributed by atoms with Gasteiger partial charge < -0.3 is 24.0 Å². The van der Waals surface area contributed by atoms with Gasteiger partial charge >= 0.3 is 13.8 Å². The molecule has 0 bridgehead atoms. The Hall–Kier alpha value is -1.61. The minimum atomic E-state index is -4.56. The molecule has 0 spiro atoms. The van der Waals surface area contributed by atoms with E-state index in [0.717, 1.165) is 12.1 Å². The number of benzene rings is 1. The summed E-state index contributed by atoms with van der Waals surface area (Å²) in [6.45, 7) is 5.17. The van der Waals surface area contributed by atoms with E-state index in [4.69, 9.17) is 13.8 Å². The standard InChI is InChI=1S/C17H24F3N2O5P/c1-3-26-28(24,27-4-2)12-16(23)21-14-11-13(17(18,19)20)5-6-15(14)22-7-9-25-10-8-22/h5-6,11H,3-4,7-10,12H2,1-2H3,(H,21,23). The van der Waals surface area contributed by atoms with Crippen molar-refractivity contribution in [2.24, 2.45) is 0 Å². The quantitative estimate of drug-likeness (QED) is 0.641. The van der Waals surface area contributed by atoms with Crippen molar-refractivity contribution in [3.05, 3.63) is 23.8 Å². The van der Waals surface area contributed by atoms with Crippen LogP contribution in [0.4, 0.5) is 24.5 Å². The van der Waals surface area contributed by atoms with E-state index in [-0.39, 0.29) is 18.9 Å². The van der Waals surface area contributed by atoms with Crippen LogP contribution in [-0.4, -0.2) is 51.6 Å². The van der Waals surface area contributed by atoms with Crippen LogP contribution in [-0.2, 0) is 29.3 Å². The summed E-state index contributed by atoms with van der Waals surface area (Å²) in [6, 6.07) is 3.15. The molecule has 0 unspecified atom stereocenters. The highest BCUT2D eigenvalue weighted by molar-refractivity contribution is 7.54. The van der Waals surface area contributed by atoms with E-state index in [9.17, 15) is 22.5 Å². The van der Waals surface area contributed by atoms with E-state index < -0.39 is 31.4 Å². The summed E-state index contributed by atoms with van der Waals surface area (Å²) in [5, 5.41) is 2.44. The average Bonchev–Trinajstić information content (AvgIpc) is 2.61. The Morgan fingerprint density at radius 1 is 1.21 bits per heavy atom. The molecule has 1 amide bonds. The SMILES string of the molecule is CCOP(=O)(CC(=O)Nc1cc(C(F)(F)F)ccc1N1CCOCC1)OCC. The maximum Gasteiger partial charge on any atom is 0.416 e. The highest BCUT2D eigenvalue weighted by atomic mass is 31.2. The summed E-state index contributed by atoms with van der Waals surface area (Å²) in [5.74, 6) is -0.751. The second-order valence-corrected chi connectivity index (χ2v) is 8.04. The zero-order chi connectivity index (χ0) is 20.8. The topological polar surface area (TPSA) is 77.1 Å². The van der Waals surface area contributed by atoms with Gasteiger partial charge in [0.15, 0.2) is 0 Å². The van der Waals surface area contributed by atoms with Gasteiger partial charge in [-0.15, -0.1) is 0 Å². The molecule has 1 aromatic carbocycles. The van der Waals surface area contributed by atoms with Crippen molar-refractivity contribution >= 4 is 24.9 Å². The van der Waals surface area contributed by atoms with Crippen molar-refractivity contribution in [1.29, 1.82) is 0 Å². The molecule has 0 radical (unpaired) electrons. The van der Waals surface area contributed by atoms with E-state index in [1.54, 1.807) is 13.8 Å². The molecule has 28 heavy (non-hydrogen) atoms. The monoisotopic (exact) mass is 424 g/mol. The van der Waals surface area contributed by atoms with Crippen LogP contribution in [0.1, 0.15) is 19.4 Å². The number of hydrogen-bond acceptors (Lipinski definition) is 6. The normalized spacial score (nSPS) is 15.5. The zero-order valence-corrected chi connectivity index (χ0v) is 16.6. The fourth-order valence-electron chi connectivity index (χ4n) is 2.78. The van der Waals surface area contributed by atoms with Crippen molar-refractivity contribution in [3.8, 4) is 0 Å². The third kappa shape index (κ3) is 6.20. The summed E-state index contributed by atoms with van der Waals surface area (Å²) < 4.78 is 67.3. The highest BCUT2D eigenvalue weighted by Gasteiger charge is 2.33. The molecule has 11 heteroatoms. The molecule has 158 valence electrons. The van der Waals surface area contributed by atoms with Crippen molar-refractivity contribution in [3.63, 3.8) is 0 Å². The number of hydrogen-bond donors (Lipinski definition) is 1. The lowest BCUT2D eigenvalue weighted by Crippen LogP contribution is -2.37. The van der Waals surface area contributed by atoms with Crippen molar-refractivity contribution in [2.75, 3.05) is 55.9 Å². The summed E-state index contributed by atoms with van der Waals surface area (Å²) in [7, 11) is -3.67. The molecule has 1 saturated heterocycles. The number of anilines is 2. The molecule has 1 aromatic rings. The minimum absolute atomic E-state index is 0.0127. The predicted molar refractivity (Wildman–Crippen MR) is 98.8 cm³/mol. The number of halogens is 3. The lowest BCUT2D eigenvalue weighted by atomic mass is 10.1. The number of alkyl halides is 3. The second-order valence-electron chi connectivity index (χ2n) is 5.98. The summed E-state index contributed by atoms with van der Waals surface area (Å²) in [5.41, 5.74) is -0.466. The average molecular weight is 424 g/mol. The van der Waals surface area contributed by atoms with Gasteiger partial charge in [0.05, 0.1) is 43.4 Å². The Balaban J connectivity index is 2.27. The molecule has 1 N–H and O–H groups in total. The smallest absolute Gasteiger partial charge is 0.378 e. The molecule has 7 nitrogen and oxygen atoms in total. The predicted octanol–water partition coefficient (Wildman–Crippen LogP) is 3.75. The highest BCUT2D eigenvalue weighted by Crippen LogP contribution is 2.48. The first-order valence-corrected chi connectivity index (χ1v) is 10.6. The number of amides is 1. The molecule has 1 fully saturated rings. The lowest BCUT2D eigenvalue weighted by molar-refractivity contribution is -0.137. The van der Waals surface area contributed by atoms with Crippen LogP contribution in [0.3, 0.4) is 0 Å². The minimum Gasteiger partial charge on any atom is -0.378 e. The zero-order valence-electron chi connectivity index (χ0n) is 15.8. The molecule has 1 aliphatic heterocycles. The Bertz CT molecular complexity index is 713. The van der Waals surface area contributed by atoms with E-state index in [2.05, 4.69) is 5.32 Å². The number of nitrogens with zero attached hydrogens (tertiary/aromatic N) is 1. The second kappa shape index (κ2) is 9.73. The molecule has 1 heterocycles. The third-order valence-corrected chi connectivity index (χ3v) is 5.92. The Morgan fingerprint density at radius 3 is 2.36 bits per heavy atom. The lowest BCUT2D eigenvalue weighted by Gasteiger charge is -2.31. The molecule has 0 aromatic heterocycles. The number of carbonyl (C=O) groups excluding carboxylic acids is 1.